The molecule has 86 valence electrons. The average Bonchev–Trinajstić information content (AvgIpc) is 2.72. The molecule has 3 heteroatoms. The van der Waals surface area contributed by atoms with Crippen molar-refractivity contribution in [1.82, 2.24) is 4.57 Å². The van der Waals surface area contributed by atoms with Gasteiger partial charge in [0, 0.05) is 24.7 Å². The number of hydrogen-bond acceptors (Lipinski definition) is 2. The second kappa shape index (κ2) is 4.58. The molecule has 1 atom stereocenters. The summed E-state index contributed by atoms with van der Waals surface area (Å²) in [4.78, 5) is 0. The van der Waals surface area contributed by atoms with E-state index in [9.17, 15) is 0 Å². The van der Waals surface area contributed by atoms with Crippen LogP contribution >= 0.6 is 0 Å². The third kappa shape index (κ3) is 1.91. The first kappa shape index (κ1) is 11.0. The lowest BCUT2D eigenvalue weighted by Crippen LogP contribution is -2.09. The molecule has 2 aromatic rings. The zero-order valence-corrected chi connectivity index (χ0v) is 9.68. The molecule has 0 radical (unpaired) electrons. The smallest absolute Gasteiger partial charge is 0.128 e. The third-order valence-electron chi connectivity index (χ3n) is 2.81. The van der Waals surface area contributed by atoms with Crippen molar-refractivity contribution in [3.63, 3.8) is 0 Å². The average molecular weight is 219 g/mol. The monoisotopic (exact) mass is 219 g/mol. The molecule has 1 N–H and O–H groups in total. The standard InChI is InChI=1S/C13H17NO2/c1-10(9-15)8-14-7-6-11-12(14)4-3-5-13(11)16-2/h3-7,10,15H,8-9H2,1-2H3. The van der Waals surface area contributed by atoms with Crippen molar-refractivity contribution < 1.29 is 9.84 Å². The lowest BCUT2D eigenvalue weighted by atomic mass is 10.2. The molecule has 16 heavy (non-hydrogen) atoms. The van der Waals surface area contributed by atoms with Gasteiger partial charge in [-0.3, -0.25) is 0 Å². The van der Waals surface area contributed by atoms with Crippen molar-refractivity contribution in [2.75, 3.05) is 13.7 Å². The number of aliphatic hydroxyl groups is 1. The molecule has 0 saturated carbocycles. The number of aromatic nitrogens is 1. The molecule has 0 aliphatic carbocycles. The Morgan fingerprint density at radius 2 is 2.19 bits per heavy atom. The molecule has 0 spiro atoms. The number of fused-ring (bicyclic) bond motifs is 1. The number of benzene rings is 1. The van der Waals surface area contributed by atoms with Crippen LogP contribution in [0.1, 0.15) is 6.92 Å². The summed E-state index contributed by atoms with van der Waals surface area (Å²) in [5.74, 6) is 1.16. The lowest BCUT2D eigenvalue weighted by molar-refractivity contribution is 0.224. The first-order valence-corrected chi connectivity index (χ1v) is 5.49. The molecule has 0 fully saturated rings. The maximum Gasteiger partial charge on any atom is 0.128 e. The highest BCUT2D eigenvalue weighted by Gasteiger charge is 2.07. The van der Waals surface area contributed by atoms with E-state index in [1.54, 1.807) is 7.11 Å². The van der Waals surface area contributed by atoms with Gasteiger partial charge in [0.05, 0.1) is 12.6 Å². The summed E-state index contributed by atoms with van der Waals surface area (Å²) in [6, 6.07) is 8.07. The van der Waals surface area contributed by atoms with Crippen LogP contribution in [0.3, 0.4) is 0 Å². The van der Waals surface area contributed by atoms with Crippen LogP contribution in [0, 0.1) is 5.92 Å². The number of nitrogens with zero attached hydrogens (tertiary/aromatic N) is 1. The predicted octanol–water partition coefficient (Wildman–Crippen LogP) is 2.28. The molecule has 1 aromatic carbocycles. The highest BCUT2D eigenvalue weighted by molar-refractivity contribution is 5.86. The Kier molecular flexibility index (Phi) is 3.15. The number of methoxy groups -OCH3 is 1. The summed E-state index contributed by atoms with van der Waals surface area (Å²) in [6.45, 7) is 3.07. The normalized spacial score (nSPS) is 12.9. The van der Waals surface area contributed by atoms with Crippen LogP contribution in [0.5, 0.6) is 5.75 Å². The number of aliphatic hydroxyl groups excluding tert-OH is 1. The number of ether oxygens (including phenoxy) is 1. The van der Waals surface area contributed by atoms with Crippen molar-refractivity contribution in [3.05, 3.63) is 30.5 Å². The minimum absolute atomic E-state index is 0.212. The maximum atomic E-state index is 9.07. The minimum Gasteiger partial charge on any atom is -0.496 e. The van der Waals surface area contributed by atoms with E-state index in [-0.39, 0.29) is 12.5 Å². The highest BCUT2D eigenvalue weighted by Crippen LogP contribution is 2.26. The van der Waals surface area contributed by atoms with Gasteiger partial charge in [0.1, 0.15) is 5.75 Å². The van der Waals surface area contributed by atoms with Gasteiger partial charge in [0.2, 0.25) is 0 Å². The van der Waals surface area contributed by atoms with E-state index in [1.165, 1.54) is 0 Å². The summed E-state index contributed by atoms with van der Waals surface area (Å²) in [6.07, 6.45) is 2.04. The van der Waals surface area contributed by atoms with E-state index in [0.29, 0.717) is 0 Å². The van der Waals surface area contributed by atoms with Crippen molar-refractivity contribution in [2.45, 2.75) is 13.5 Å². The van der Waals surface area contributed by atoms with Crippen molar-refractivity contribution in [3.8, 4) is 5.75 Å². The molecule has 0 saturated heterocycles. The van der Waals surface area contributed by atoms with E-state index in [0.717, 1.165) is 23.2 Å². The zero-order valence-electron chi connectivity index (χ0n) is 9.68. The molecule has 2 rings (SSSR count). The van der Waals surface area contributed by atoms with Crippen molar-refractivity contribution >= 4 is 10.9 Å². The Hall–Kier alpha value is -1.48. The Morgan fingerprint density at radius 1 is 1.38 bits per heavy atom. The first-order valence-electron chi connectivity index (χ1n) is 5.49. The number of hydrogen-bond donors (Lipinski definition) is 1. The molecule has 1 aromatic heterocycles. The quantitative estimate of drug-likeness (QED) is 0.856. The van der Waals surface area contributed by atoms with E-state index in [1.807, 2.05) is 25.3 Å². The summed E-state index contributed by atoms with van der Waals surface area (Å²) in [5, 5.41) is 10.2. The summed E-state index contributed by atoms with van der Waals surface area (Å²) in [7, 11) is 1.68. The van der Waals surface area contributed by atoms with Gasteiger partial charge in [-0.1, -0.05) is 13.0 Å². The van der Waals surface area contributed by atoms with Crippen LogP contribution in [0.25, 0.3) is 10.9 Å². The molecule has 0 aliphatic heterocycles. The minimum atomic E-state index is 0.212. The van der Waals surface area contributed by atoms with E-state index in [4.69, 9.17) is 9.84 Å². The molecule has 1 heterocycles. The van der Waals surface area contributed by atoms with Gasteiger partial charge in [0.15, 0.2) is 0 Å². The summed E-state index contributed by atoms with van der Waals surface area (Å²) in [5.41, 5.74) is 1.15. The van der Waals surface area contributed by atoms with Crippen LogP contribution in [-0.2, 0) is 6.54 Å². The van der Waals surface area contributed by atoms with E-state index < -0.39 is 0 Å². The van der Waals surface area contributed by atoms with Gasteiger partial charge >= 0.3 is 0 Å². The summed E-state index contributed by atoms with van der Waals surface area (Å²) >= 11 is 0. The van der Waals surface area contributed by atoms with Gasteiger partial charge in [-0.15, -0.1) is 0 Å². The van der Waals surface area contributed by atoms with E-state index >= 15 is 0 Å². The largest absolute Gasteiger partial charge is 0.496 e. The Morgan fingerprint density at radius 3 is 2.88 bits per heavy atom. The molecule has 1 unspecified atom stereocenters. The van der Waals surface area contributed by atoms with E-state index in [2.05, 4.69) is 16.7 Å². The van der Waals surface area contributed by atoms with Crippen molar-refractivity contribution in [1.29, 1.82) is 0 Å². The van der Waals surface area contributed by atoms with Gasteiger partial charge < -0.3 is 14.4 Å². The SMILES string of the molecule is COc1cccc2c1ccn2CC(C)CO. The van der Waals surface area contributed by atoms with Crippen LogP contribution < -0.4 is 4.74 Å². The van der Waals surface area contributed by atoms with Gasteiger partial charge in [-0.2, -0.15) is 0 Å². The van der Waals surface area contributed by atoms with Crippen LogP contribution in [-0.4, -0.2) is 23.4 Å². The van der Waals surface area contributed by atoms with Crippen LogP contribution in [0.2, 0.25) is 0 Å². The second-order valence-electron chi connectivity index (χ2n) is 4.15. The molecule has 0 amide bonds. The Bertz CT molecular complexity index is 476. The van der Waals surface area contributed by atoms with Gasteiger partial charge in [0.25, 0.3) is 0 Å². The molecule has 0 bridgehead atoms. The molecule has 0 aliphatic rings. The zero-order chi connectivity index (χ0) is 11.5. The fourth-order valence-corrected chi connectivity index (χ4v) is 1.93. The first-order chi connectivity index (χ1) is 7.76. The molecular formula is C13H17NO2. The highest BCUT2D eigenvalue weighted by atomic mass is 16.5. The summed E-state index contributed by atoms with van der Waals surface area (Å²) < 4.78 is 7.46. The van der Waals surface area contributed by atoms with Gasteiger partial charge in [-0.05, 0) is 24.1 Å². The fourth-order valence-electron chi connectivity index (χ4n) is 1.93. The third-order valence-corrected chi connectivity index (χ3v) is 2.81. The van der Waals surface area contributed by atoms with Crippen LogP contribution in [0.4, 0.5) is 0 Å². The van der Waals surface area contributed by atoms with Crippen LogP contribution in [0.15, 0.2) is 30.5 Å². The Balaban J connectivity index is 2.41. The van der Waals surface area contributed by atoms with Gasteiger partial charge in [-0.25, -0.2) is 0 Å². The lowest BCUT2D eigenvalue weighted by Gasteiger charge is -2.10. The Labute approximate surface area is 95.3 Å². The maximum absolute atomic E-state index is 9.07. The van der Waals surface area contributed by atoms with Crippen molar-refractivity contribution in [2.24, 2.45) is 5.92 Å². The molecule has 3 nitrogen and oxygen atoms in total. The molecular weight excluding hydrogens is 202 g/mol. The fraction of sp³-hybridized carbons (Fsp3) is 0.385. The second-order valence-corrected chi connectivity index (χ2v) is 4.15. The predicted molar refractivity (Wildman–Crippen MR) is 64.7 cm³/mol. The topological polar surface area (TPSA) is 34.4 Å². The number of rotatable bonds is 4.